The standard InChI is InChI=1S/C17H34N2O2/c1-13-9-14(2)15(16(20)10-13)11-18-5-7-19(8-6-18)12-17(3,4)21/h13-16,20-21H,5-12H2,1-4H3. The van der Waals surface area contributed by atoms with Gasteiger partial charge in [-0.25, -0.2) is 0 Å². The van der Waals surface area contributed by atoms with Crippen LogP contribution in [0.5, 0.6) is 0 Å². The van der Waals surface area contributed by atoms with E-state index in [0.29, 0.717) is 17.8 Å². The van der Waals surface area contributed by atoms with Gasteiger partial charge in [0.1, 0.15) is 0 Å². The first kappa shape index (κ1) is 17.2. The van der Waals surface area contributed by atoms with E-state index in [9.17, 15) is 10.2 Å². The van der Waals surface area contributed by atoms with E-state index in [-0.39, 0.29) is 6.10 Å². The SMILES string of the molecule is CC1CC(C)C(CN2CCN(CC(C)(C)O)CC2)C(O)C1. The lowest BCUT2D eigenvalue weighted by Gasteiger charge is -2.42. The number of aliphatic hydroxyl groups excluding tert-OH is 1. The van der Waals surface area contributed by atoms with Gasteiger partial charge in [-0.15, -0.1) is 0 Å². The van der Waals surface area contributed by atoms with E-state index in [2.05, 4.69) is 23.6 Å². The summed E-state index contributed by atoms with van der Waals surface area (Å²) in [6, 6.07) is 0. The average molecular weight is 298 g/mol. The molecule has 2 rings (SSSR count). The topological polar surface area (TPSA) is 46.9 Å². The number of aliphatic hydroxyl groups is 2. The summed E-state index contributed by atoms with van der Waals surface area (Å²) >= 11 is 0. The number of β-amino-alcohol motifs (C(OH)–C–C–N with tert-alkyl or cyclic N) is 1. The van der Waals surface area contributed by atoms with Gasteiger partial charge in [-0.1, -0.05) is 13.8 Å². The smallest absolute Gasteiger partial charge is 0.0718 e. The van der Waals surface area contributed by atoms with Crippen LogP contribution in [0.1, 0.15) is 40.5 Å². The van der Waals surface area contributed by atoms with Crippen molar-refractivity contribution in [2.24, 2.45) is 17.8 Å². The Hall–Kier alpha value is -0.160. The second-order valence-corrected chi connectivity index (χ2v) is 8.17. The van der Waals surface area contributed by atoms with Crippen molar-refractivity contribution in [3.05, 3.63) is 0 Å². The zero-order valence-corrected chi connectivity index (χ0v) is 14.3. The molecule has 4 atom stereocenters. The van der Waals surface area contributed by atoms with Gasteiger partial charge in [-0.2, -0.15) is 0 Å². The van der Waals surface area contributed by atoms with Gasteiger partial charge in [-0.05, 0) is 38.5 Å². The van der Waals surface area contributed by atoms with Crippen molar-refractivity contribution in [3.63, 3.8) is 0 Å². The van der Waals surface area contributed by atoms with Gasteiger partial charge in [0, 0.05) is 45.2 Å². The zero-order chi connectivity index (χ0) is 15.6. The van der Waals surface area contributed by atoms with Crippen molar-refractivity contribution in [2.75, 3.05) is 39.3 Å². The van der Waals surface area contributed by atoms with Crippen LogP contribution in [0.4, 0.5) is 0 Å². The van der Waals surface area contributed by atoms with Crippen LogP contribution in [0.3, 0.4) is 0 Å². The van der Waals surface area contributed by atoms with Crippen LogP contribution < -0.4 is 0 Å². The van der Waals surface area contributed by atoms with E-state index >= 15 is 0 Å². The van der Waals surface area contributed by atoms with Crippen molar-refractivity contribution in [1.82, 2.24) is 9.80 Å². The maximum Gasteiger partial charge on any atom is 0.0718 e. The predicted octanol–water partition coefficient (Wildman–Crippen LogP) is 1.42. The third-order valence-electron chi connectivity index (χ3n) is 5.19. The van der Waals surface area contributed by atoms with Crippen LogP contribution in [0.25, 0.3) is 0 Å². The molecule has 2 N–H and O–H groups in total. The first-order valence-electron chi connectivity index (χ1n) is 8.60. The molecule has 4 unspecified atom stereocenters. The average Bonchev–Trinajstić information content (AvgIpc) is 2.34. The van der Waals surface area contributed by atoms with Crippen molar-refractivity contribution < 1.29 is 10.2 Å². The maximum atomic E-state index is 10.4. The van der Waals surface area contributed by atoms with Gasteiger partial charge in [0.05, 0.1) is 11.7 Å². The molecule has 0 aromatic carbocycles. The third kappa shape index (κ3) is 5.20. The lowest BCUT2D eigenvalue weighted by Crippen LogP contribution is -2.53. The normalized spacial score (nSPS) is 36.9. The molecule has 4 heteroatoms. The van der Waals surface area contributed by atoms with Crippen LogP contribution >= 0.6 is 0 Å². The molecule has 0 radical (unpaired) electrons. The second-order valence-electron chi connectivity index (χ2n) is 8.17. The summed E-state index contributed by atoms with van der Waals surface area (Å²) in [6.45, 7) is 14.3. The second kappa shape index (κ2) is 6.95. The summed E-state index contributed by atoms with van der Waals surface area (Å²) in [4.78, 5) is 4.85. The molecular formula is C17H34N2O2. The Kier molecular flexibility index (Phi) is 5.69. The van der Waals surface area contributed by atoms with E-state index in [4.69, 9.17) is 0 Å². The zero-order valence-electron chi connectivity index (χ0n) is 14.3. The fourth-order valence-electron chi connectivity index (χ4n) is 4.15. The lowest BCUT2D eigenvalue weighted by atomic mass is 9.73. The Morgan fingerprint density at radius 2 is 1.57 bits per heavy atom. The summed E-state index contributed by atoms with van der Waals surface area (Å²) in [5, 5.41) is 20.3. The summed E-state index contributed by atoms with van der Waals surface area (Å²) < 4.78 is 0. The van der Waals surface area contributed by atoms with E-state index in [0.717, 1.165) is 45.7 Å². The van der Waals surface area contributed by atoms with Crippen LogP contribution in [-0.4, -0.2) is 71.0 Å². The monoisotopic (exact) mass is 298 g/mol. The highest BCUT2D eigenvalue weighted by atomic mass is 16.3. The molecule has 0 amide bonds. The predicted molar refractivity (Wildman–Crippen MR) is 86.2 cm³/mol. The molecule has 0 spiro atoms. The van der Waals surface area contributed by atoms with E-state index in [1.54, 1.807) is 0 Å². The van der Waals surface area contributed by atoms with Gasteiger partial charge in [0.15, 0.2) is 0 Å². The quantitative estimate of drug-likeness (QED) is 0.824. The molecule has 2 fully saturated rings. The van der Waals surface area contributed by atoms with Crippen LogP contribution in [-0.2, 0) is 0 Å². The van der Waals surface area contributed by atoms with E-state index in [1.165, 1.54) is 6.42 Å². The summed E-state index contributed by atoms with van der Waals surface area (Å²) in [6.07, 6.45) is 2.09. The van der Waals surface area contributed by atoms with Crippen LogP contribution in [0.2, 0.25) is 0 Å². The molecular weight excluding hydrogens is 264 g/mol. The number of hydrogen-bond donors (Lipinski definition) is 2. The summed E-state index contributed by atoms with van der Waals surface area (Å²) in [7, 11) is 0. The Morgan fingerprint density at radius 1 is 1.00 bits per heavy atom. The molecule has 1 heterocycles. The van der Waals surface area contributed by atoms with Crippen molar-refractivity contribution >= 4 is 0 Å². The third-order valence-corrected chi connectivity index (χ3v) is 5.19. The lowest BCUT2D eigenvalue weighted by molar-refractivity contribution is -0.0183. The molecule has 0 aromatic heterocycles. The van der Waals surface area contributed by atoms with Crippen molar-refractivity contribution in [2.45, 2.75) is 52.2 Å². The first-order chi connectivity index (χ1) is 9.74. The molecule has 1 saturated carbocycles. The number of rotatable bonds is 4. The molecule has 0 bridgehead atoms. The summed E-state index contributed by atoms with van der Waals surface area (Å²) in [5.74, 6) is 1.72. The minimum absolute atomic E-state index is 0.127. The minimum atomic E-state index is -0.605. The Balaban J connectivity index is 1.78. The maximum absolute atomic E-state index is 10.4. The highest BCUT2D eigenvalue weighted by Crippen LogP contribution is 2.34. The Bertz CT molecular complexity index is 309. The largest absolute Gasteiger partial charge is 0.393 e. The van der Waals surface area contributed by atoms with Gasteiger partial charge in [0.25, 0.3) is 0 Å². The fraction of sp³-hybridized carbons (Fsp3) is 1.00. The molecule has 2 aliphatic rings. The number of piperazine rings is 1. The first-order valence-corrected chi connectivity index (χ1v) is 8.60. The van der Waals surface area contributed by atoms with Gasteiger partial charge in [0.2, 0.25) is 0 Å². The molecule has 124 valence electrons. The molecule has 1 aliphatic heterocycles. The number of nitrogens with zero attached hydrogens (tertiary/aromatic N) is 2. The Labute approximate surface area is 130 Å². The summed E-state index contributed by atoms with van der Waals surface area (Å²) in [5.41, 5.74) is -0.605. The molecule has 4 nitrogen and oxygen atoms in total. The van der Waals surface area contributed by atoms with Crippen LogP contribution in [0.15, 0.2) is 0 Å². The van der Waals surface area contributed by atoms with Crippen LogP contribution in [0, 0.1) is 17.8 Å². The van der Waals surface area contributed by atoms with Crippen molar-refractivity contribution in [1.29, 1.82) is 0 Å². The molecule has 21 heavy (non-hydrogen) atoms. The Morgan fingerprint density at radius 3 is 2.10 bits per heavy atom. The molecule has 1 aliphatic carbocycles. The van der Waals surface area contributed by atoms with Gasteiger partial charge in [-0.3, -0.25) is 4.90 Å². The minimum Gasteiger partial charge on any atom is -0.393 e. The molecule has 1 saturated heterocycles. The van der Waals surface area contributed by atoms with E-state index in [1.807, 2.05) is 13.8 Å². The fourth-order valence-corrected chi connectivity index (χ4v) is 4.15. The highest BCUT2D eigenvalue weighted by molar-refractivity contribution is 4.86. The van der Waals surface area contributed by atoms with Gasteiger partial charge < -0.3 is 15.1 Å². The number of hydrogen-bond acceptors (Lipinski definition) is 4. The van der Waals surface area contributed by atoms with E-state index < -0.39 is 5.60 Å². The molecule has 0 aromatic rings. The highest BCUT2D eigenvalue weighted by Gasteiger charge is 2.34. The van der Waals surface area contributed by atoms with Gasteiger partial charge >= 0.3 is 0 Å². The van der Waals surface area contributed by atoms with Crippen molar-refractivity contribution in [3.8, 4) is 0 Å².